The number of nitrogens with zero attached hydrogens (tertiary/aromatic N) is 1. The van der Waals surface area contributed by atoms with E-state index >= 15 is 0 Å². The zero-order chi connectivity index (χ0) is 21.0. The number of anilines is 1. The van der Waals surface area contributed by atoms with Gasteiger partial charge in [-0.2, -0.15) is 4.31 Å². The lowest BCUT2D eigenvalue weighted by molar-refractivity contribution is -0.120. The van der Waals surface area contributed by atoms with Gasteiger partial charge in [-0.05, 0) is 68.7 Å². The highest BCUT2D eigenvalue weighted by atomic mass is 35.5. The van der Waals surface area contributed by atoms with Crippen LogP contribution in [0.15, 0.2) is 47.4 Å². The van der Waals surface area contributed by atoms with Crippen LogP contribution < -0.4 is 10.1 Å². The molecule has 29 heavy (non-hydrogen) atoms. The number of hydrogen-bond acceptors (Lipinski definition) is 4. The molecule has 1 amide bonds. The van der Waals surface area contributed by atoms with Crippen molar-refractivity contribution in [3.63, 3.8) is 0 Å². The van der Waals surface area contributed by atoms with Crippen LogP contribution in [0.2, 0.25) is 5.02 Å². The van der Waals surface area contributed by atoms with E-state index in [1.165, 1.54) is 4.31 Å². The van der Waals surface area contributed by atoms with E-state index in [0.717, 1.165) is 5.56 Å². The van der Waals surface area contributed by atoms with Crippen molar-refractivity contribution >= 4 is 33.2 Å². The number of aryl methyl sites for hydroxylation is 1. The summed E-state index contributed by atoms with van der Waals surface area (Å²) in [7, 11) is -3.59. The van der Waals surface area contributed by atoms with Crippen molar-refractivity contribution < 1.29 is 17.9 Å². The molecule has 1 fully saturated rings. The molecule has 0 aromatic heterocycles. The lowest BCUT2D eigenvalue weighted by Crippen LogP contribution is -2.41. The van der Waals surface area contributed by atoms with E-state index in [1.54, 1.807) is 36.4 Å². The van der Waals surface area contributed by atoms with Gasteiger partial charge < -0.3 is 10.1 Å². The first-order chi connectivity index (χ1) is 13.8. The topological polar surface area (TPSA) is 75.7 Å². The number of piperidine rings is 1. The summed E-state index contributed by atoms with van der Waals surface area (Å²) in [6.45, 7) is 4.93. The summed E-state index contributed by atoms with van der Waals surface area (Å²) >= 11 is 6.18. The molecule has 6 nitrogen and oxygen atoms in total. The number of nitrogens with one attached hydrogen (secondary N) is 1. The second-order valence-corrected chi connectivity index (χ2v) is 9.40. The van der Waals surface area contributed by atoms with Gasteiger partial charge in [-0.1, -0.05) is 17.7 Å². The standard InChI is InChI=1S/C21H25ClN2O4S/c1-3-28-17-5-7-18(8-6-17)29(26,27)24-12-10-16(11-13-24)21(25)23-20-9-4-15(2)14-19(20)22/h4-9,14,16H,3,10-13H2,1-2H3,(H,23,25). The molecule has 1 aliphatic heterocycles. The second-order valence-electron chi connectivity index (χ2n) is 7.06. The van der Waals surface area contributed by atoms with Crippen molar-refractivity contribution in [2.45, 2.75) is 31.6 Å². The number of hydrogen-bond donors (Lipinski definition) is 1. The fraction of sp³-hybridized carbons (Fsp3) is 0.381. The van der Waals surface area contributed by atoms with Crippen LogP contribution in [0.4, 0.5) is 5.69 Å². The minimum Gasteiger partial charge on any atom is -0.494 e. The molecule has 0 unspecified atom stereocenters. The molecule has 1 N–H and O–H groups in total. The average molecular weight is 437 g/mol. The highest BCUT2D eigenvalue weighted by molar-refractivity contribution is 7.89. The molecule has 8 heteroatoms. The van der Waals surface area contributed by atoms with Gasteiger partial charge in [0.2, 0.25) is 15.9 Å². The highest BCUT2D eigenvalue weighted by Crippen LogP contribution is 2.28. The smallest absolute Gasteiger partial charge is 0.243 e. The SMILES string of the molecule is CCOc1ccc(S(=O)(=O)N2CCC(C(=O)Nc3ccc(C)cc3Cl)CC2)cc1. The predicted octanol–water partition coefficient (Wildman–Crippen LogP) is 4.09. The molecule has 0 spiro atoms. The summed E-state index contributed by atoms with van der Waals surface area (Å²) < 4.78 is 32.5. The fourth-order valence-corrected chi connectivity index (χ4v) is 5.09. The van der Waals surface area contributed by atoms with Crippen LogP contribution in [0.5, 0.6) is 5.75 Å². The Kier molecular flexibility index (Phi) is 6.82. The Balaban J connectivity index is 1.61. The Bertz CT molecular complexity index is 969. The molecule has 0 atom stereocenters. The quantitative estimate of drug-likeness (QED) is 0.740. The first kappa shape index (κ1) is 21.6. The molecule has 0 saturated carbocycles. The van der Waals surface area contributed by atoms with E-state index in [2.05, 4.69) is 5.32 Å². The van der Waals surface area contributed by atoms with Gasteiger partial charge in [0.25, 0.3) is 0 Å². The largest absolute Gasteiger partial charge is 0.494 e. The van der Waals surface area contributed by atoms with Crippen molar-refractivity contribution in [1.29, 1.82) is 0 Å². The number of carbonyl (C=O) groups excluding carboxylic acids is 1. The Morgan fingerprint density at radius 2 is 1.83 bits per heavy atom. The Morgan fingerprint density at radius 1 is 1.17 bits per heavy atom. The number of carbonyl (C=O) groups is 1. The van der Waals surface area contributed by atoms with Gasteiger partial charge in [0.1, 0.15) is 5.75 Å². The minimum absolute atomic E-state index is 0.131. The van der Waals surface area contributed by atoms with Crippen molar-refractivity contribution in [2.75, 3.05) is 25.0 Å². The molecular weight excluding hydrogens is 412 g/mol. The fourth-order valence-electron chi connectivity index (χ4n) is 3.34. The van der Waals surface area contributed by atoms with Crippen LogP contribution in [0, 0.1) is 12.8 Å². The first-order valence-corrected chi connectivity index (χ1v) is 11.4. The van der Waals surface area contributed by atoms with E-state index in [0.29, 0.717) is 49.0 Å². The van der Waals surface area contributed by atoms with Crippen molar-refractivity contribution in [1.82, 2.24) is 4.31 Å². The molecule has 2 aromatic carbocycles. The van der Waals surface area contributed by atoms with Gasteiger partial charge in [0.15, 0.2) is 0 Å². The highest BCUT2D eigenvalue weighted by Gasteiger charge is 2.32. The lowest BCUT2D eigenvalue weighted by atomic mass is 9.97. The summed E-state index contributed by atoms with van der Waals surface area (Å²) in [4.78, 5) is 12.8. The van der Waals surface area contributed by atoms with Crippen LogP contribution in [0.25, 0.3) is 0 Å². The molecule has 0 aliphatic carbocycles. The molecule has 0 bridgehead atoms. The lowest BCUT2D eigenvalue weighted by Gasteiger charge is -2.30. The second kappa shape index (κ2) is 9.15. The van der Waals surface area contributed by atoms with Gasteiger partial charge in [0, 0.05) is 19.0 Å². The molecule has 1 saturated heterocycles. The van der Waals surface area contributed by atoms with Crippen molar-refractivity contribution in [3.05, 3.63) is 53.1 Å². The third kappa shape index (κ3) is 5.10. The molecule has 3 rings (SSSR count). The predicted molar refractivity (Wildman–Crippen MR) is 114 cm³/mol. The molecule has 1 heterocycles. The van der Waals surface area contributed by atoms with Gasteiger partial charge >= 0.3 is 0 Å². The number of amides is 1. The normalized spacial score (nSPS) is 15.8. The molecule has 0 radical (unpaired) electrons. The van der Waals surface area contributed by atoms with Crippen LogP contribution >= 0.6 is 11.6 Å². The minimum atomic E-state index is -3.59. The first-order valence-electron chi connectivity index (χ1n) is 9.61. The van der Waals surface area contributed by atoms with Crippen LogP contribution in [0.3, 0.4) is 0 Å². The van der Waals surface area contributed by atoms with E-state index in [4.69, 9.17) is 16.3 Å². The zero-order valence-corrected chi connectivity index (χ0v) is 18.1. The maximum absolute atomic E-state index is 12.9. The third-order valence-corrected chi connectivity index (χ3v) is 7.21. The summed E-state index contributed by atoms with van der Waals surface area (Å²) in [5.74, 6) is 0.254. The maximum atomic E-state index is 12.9. The summed E-state index contributed by atoms with van der Waals surface area (Å²) in [5.41, 5.74) is 1.59. The summed E-state index contributed by atoms with van der Waals surface area (Å²) in [5, 5.41) is 3.35. The average Bonchev–Trinajstić information content (AvgIpc) is 2.71. The van der Waals surface area contributed by atoms with Gasteiger partial charge in [-0.3, -0.25) is 4.79 Å². The third-order valence-electron chi connectivity index (χ3n) is 4.98. The van der Waals surface area contributed by atoms with Crippen LogP contribution in [-0.2, 0) is 14.8 Å². The number of sulfonamides is 1. The number of halogens is 1. The van der Waals surface area contributed by atoms with E-state index in [1.807, 2.05) is 19.9 Å². The Labute approximate surface area is 176 Å². The number of rotatable bonds is 6. The molecular formula is C21H25ClN2O4S. The molecule has 2 aromatic rings. The maximum Gasteiger partial charge on any atom is 0.243 e. The molecule has 156 valence electrons. The zero-order valence-electron chi connectivity index (χ0n) is 16.5. The van der Waals surface area contributed by atoms with Crippen LogP contribution in [-0.4, -0.2) is 38.3 Å². The van der Waals surface area contributed by atoms with Crippen molar-refractivity contribution in [2.24, 2.45) is 5.92 Å². The molecule has 1 aliphatic rings. The Morgan fingerprint density at radius 3 is 2.41 bits per heavy atom. The van der Waals surface area contributed by atoms with Crippen molar-refractivity contribution in [3.8, 4) is 5.75 Å². The van der Waals surface area contributed by atoms with E-state index in [-0.39, 0.29) is 16.7 Å². The Hall–Kier alpha value is -2.09. The summed E-state index contributed by atoms with van der Waals surface area (Å²) in [6, 6.07) is 11.9. The monoisotopic (exact) mass is 436 g/mol. The van der Waals surface area contributed by atoms with Gasteiger partial charge in [0.05, 0.1) is 22.2 Å². The van der Waals surface area contributed by atoms with E-state index < -0.39 is 10.0 Å². The number of benzene rings is 2. The van der Waals surface area contributed by atoms with Gasteiger partial charge in [-0.25, -0.2) is 8.42 Å². The van der Waals surface area contributed by atoms with E-state index in [9.17, 15) is 13.2 Å². The summed E-state index contributed by atoms with van der Waals surface area (Å²) in [6.07, 6.45) is 0.928. The van der Waals surface area contributed by atoms with Gasteiger partial charge in [-0.15, -0.1) is 0 Å². The van der Waals surface area contributed by atoms with Crippen LogP contribution in [0.1, 0.15) is 25.3 Å². The number of ether oxygens (including phenoxy) is 1.